The molecule has 2 amide bonds. The van der Waals surface area contributed by atoms with Crippen LogP contribution in [0.4, 0.5) is 10.5 Å². The van der Waals surface area contributed by atoms with Gasteiger partial charge in [0.05, 0.1) is 6.10 Å². The first-order valence-corrected chi connectivity index (χ1v) is 8.62. The fourth-order valence-electron chi connectivity index (χ4n) is 2.31. The zero-order valence-corrected chi connectivity index (χ0v) is 13.8. The fraction of sp³-hybridized carbons (Fsp3) is 0.562. The van der Waals surface area contributed by atoms with Gasteiger partial charge in [0.1, 0.15) is 5.75 Å². The monoisotopic (exact) mass is 308 g/mol. The molecule has 1 fully saturated rings. The molecule has 116 valence electrons. The molecule has 21 heavy (non-hydrogen) atoms. The van der Waals surface area contributed by atoms with Crippen molar-refractivity contribution in [3.05, 3.63) is 23.8 Å². The molecule has 1 aromatic rings. The van der Waals surface area contributed by atoms with E-state index in [9.17, 15) is 4.79 Å². The first kappa shape index (κ1) is 16.0. The van der Waals surface area contributed by atoms with E-state index < -0.39 is 0 Å². The van der Waals surface area contributed by atoms with Gasteiger partial charge in [-0.1, -0.05) is 0 Å². The predicted molar refractivity (Wildman–Crippen MR) is 89.4 cm³/mol. The second-order valence-electron chi connectivity index (χ2n) is 5.63. The lowest BCUT2D eigenvalue weighted by molar-refractivity contribution is 0.242. The Labute approximate surface area is 131 Å². The number of nitrogens with one attached hydrogen (secondary N) is 2. The van der Waals surface area contributed by atoms with Crippen molar-refractivity contribution in [2.75, 3.05) is 16.8 Å². The highest BCUT2D eigenvalue weighted by atomic mass is 32.2. The summed E-state index contributed by atoms with van der Waals surface area (Å²) in [7, 11) is 0. The predicted octanol–water partition coefficient (Wildman–Crippen LogP) is 3.80. The third kappa shape index (κ3) is 5.16. The van der Waals surface area contributed by atoms with Crippen LogP contribution in [0.15, 0.2) is 18.2 Å². The number of amides is 2. The fourth-order valence-corrected chi connectivity index (χ4v) is 3.41. The number of anilines is 1. The van der Waals surface area contributed by atoms with E-state index in [2.05, 4.69) is 10.6 Å². The summed E-state index contributed by atoms with van der Waals surface area (Å²) in [6, 6.07) is 5.92. The van der Waals surface area contributed by atoms with Gasteiger partial charge >= 0.3 is 6.03 Å². The van der Waals surface area contributed by atoms with Crippen LogP contribution in [-0.2, 0) is 0 Å². The Kier molecular flexibility index (Phi) is 5.79. The summed E-state index contributed by atoms with van der Waals surface area (Å²) in [6.07, 6.45) is 2.26. The largest absolute Gasteiger partial charge is 0.491 e. The summed E-state index contributed by atoms with van der Waals surface area (Å²) < 4.78 is 5.65. The minimum absolute atomic E-state index is 0.118. The average Bonchev–Trinajstić information content (AvgIpc) is 2.42. The van der Waals surface area contributed by atoms with Crippen LogP contribution in [0.5, 0.6) is 5.75 Å². The molecule has 0 radical (unpaired) electrons. The first-order valence-electron chi connectivity index (χ1n) is 7.47. The molecule has 1 heterocycles. The van der Waals surface area contributed by atoms with E-state index in [1.54, 1.807) is 0 Å². The zero-order chi connectivity index (χ0) is 15.2. The topological polar surface area (TPSA) is 50.4 Å². The zero-order valence-electron chi connectivity index (χ0n) is 12.9. The van der Waals surface area contributed by atoms with Crippen LogP contribution in [0.25, 0.3) is 0 Å². The second-order valence-corrected chi connectivity index (χ2v) is 6.85. The number of hydrogen-bond acceptors (Lipinski definition) is 3. The van der Waals surface area contributed by atoms with Crippen LogP contribution in [-0.4, -0.2) is 29.7 Å². The summed E-state index contributed by atoms with van der Waals surface area (Å²) >= 11 is 1.95. The van der Waals surface area contributed by atoms with Crippen molar-refractivity contribution in [2.24, 2.45) is 0 Å². The van der Waals surface area contributed by atoms with Gasteiger partial charge in [-0.3, -0.25) is 0 Å². The normalized spacial score (nSPS) is 15.8. The van der Waals surface area contributed by atoms with E-state index in [-0.39, 0.29) is 12.1 Å². The molecule has 1 saturated heterocycles. The molecule has 5 heteroatoms. The van der Waals surface area contributed by atoms with Gasteiger partial charge in [-0.15, -0.1) is 0 Å². The Morgan fingerprint density at radius 2 is 2.05 bits per heavy atom. The molecular weight excluding hydrogens is 284 g/mol. The number of rotatable bonds is 4. The number of ether oxygens (including phenoxy) is 1. The Balaban J connectivity index is 1.90. The Hall–Kier alpha value is -1.36. The molecule has 1 aromatic carbocycles. The van der Waals surface area contributed by atoms with Gasteiger partial charge in [0.25, 0.3) is 0 Å². The van der Waals surface area contributed by atoms with Gasteiger partial charge in [-0.2, -0.15) is 11.8 Å². The summed E-state index contributed by atoms with van der Waals surface area (Å²) in [5.74, 6) is 3.09. The van der Waals surface area contributed by atoms with Crippen molar-refractivity contribution in [1.29, 1.82) is 0 Å². The van der Waals surface area contributed by atoms with E-state index in [4.69, 9.17) is 4.74 Å². The molecule has 0 saturated carbocycles. The maximum atomic E-state index is 12.0. The van der Waals surface area contributed by atoms with Crippen LogP contribution in [0.2, 0.25) is 0 Å². The molecule has 0 aromatic heterocycles. The smallest absolute Gasteiger partial charge is 0.319 e. The molecule has 0 aliphatic carbocycles. The highest BCUT2D eigenvalue weighted by Crippen LogP contribution is 2.22. The quantitative estimate of drug-likeness (QED) is 0.889. The minimum atomic E-state index is -0.118. The van der Waals surface area contributed by atoms with E-state index >= 15 is 0 Å². The third-order valence-corrected chi connectivity index (χ3v) is 4.42. The highest BCUT2D eigenvalue weighted by molar-refractivity contribution is 7.99. The SMILES string of the molecule is Cc1cc(OC(C)C)ccc1NC(=O)NC1CCSCC1. The third-order valence-electron chi connectivity index (χ3n) is 3.37. The lowest BCUT2D eigenvalue weighted by Crippen LogP contribution is -2.40. The van der Waals surface area contributed by atoms with Crippen LogP contribution in [0, 0.1) is 6.92 Å². The van der Waals surface area contributed by atoms with Crippen molar-refractivity contribution in [3.63, 3.8) is 0 Å². The molecule has 1 aliphatic heterocycles. The van der Waals surface area contributed by atoms with Crippen molar-refractivity contribution < 1.29 is 9.53 Å². The number of aryl methyl sites for hydroxylation is 1. The molecule has 2 rings (SSSR count). The number of carbonyl (C=O) groups is 1. The number of carbonyl (C=O) groups excluding carboxylic acids is 1. The van der Waals surface area contributed by atoms with Gasteiger partial charge in [0.15, 0.2) is 0 Å². The van der Waals surface area contributed by atoms with Crippen LogP contribution >= 0.6 is 11.8 Å². The second kappa shape index (κ2) is 7.59. The van der Waals surface area contributed by atoms with E-state index in [1.807, 2.05) is 50.7 Å². The lowest BCUT2D eigenvalue weighted by Gasteiger charge is -2.23. The van der Waals surface area contributed by atoms with Crippen LogP contribution in [0.1, 0.15) is 32.3 Å². The summed E-state index contributed by atoms with van der Waals surface area (Å²) in [4.78, 5) is 12.0. The minimum Gasteiger partial charge on any atom is -0.491 e. The number of benzene rings is 1. The molecule has 0 bridgehead atoms. The van der Waals surface area contributed by atoms with E-state index in [0.29, 0.717) is 6.04 Å². The standard InChI is InChI=1S/C16H24N2O2S/c1-11(2)20-14-4-5-15(12(3)10-14)18-16(19)17-13-6-8-21-9-7-13/h4-5,10-11,13H,6-9H2,1-3H3,(H2,17,18,19). The summed E-state index contributed by atoms with van der Waals surface area (Å²) in [5, 5.41) is 5.97. The summed E-state index contributed by atoms with van der Waals surface area (Å²) in [5.41, 5.74) is 1.83. The number of urea groups is 1. The number of hydrogen-bond donors (Lipinski definition) is 2. The maximum absolute atomic E-state index is 12.0. The van der Waals surface area contributed by atoms with E-state index in [0.717, 1.165) is 41.3 Å². The Morgan fingerprint density at radius 1 is 1.33 bits per heavy atom. The maximum Gasteiger partial charge on any atom is 0.319 e. The first-order chi connectivity index (χ1) is 10.0. The van der Waals surface area contributed by atoms with Crippen molar-refractivity contribution in [1.82, 2.24) is 5.32 Å². The molecule has 2 N–H and O–H groups in total. The molecule has 1 aliphatic rings. The van der Waals surface area contributed by atoms with Crippen molar-refractivity contribution in [3.8, 4) is 5.75 Å². The Morgan fingerprint density at radius 3 is 2.67 bits per heavy atom. The Bertz CT molecular complexity index is 485. The molecular formula is C16H24N2O2S. The summed E-state index contributed by atoms with van der Waals surface area (Å²) in [6.45, 7) is 5.97. The van der Waals surface area contributed by atoms with Crippen LogP contribution < -0.4 is 15.4 Å². The van der Waals surface area contributed by atoms with Crippen molar-refractivity contribution >= 4 is 23.5 Å². The molecule has 0 unspecified atom stereocenters. The van der Waals surface area contributed by atoms with Gasteiger partial charge in [-0.25, -0.2) is 4.79 Å². The van der Waals surface area contributed by atoms with Crippen LogP contribution in [0.3, 0.4) is 0 Å². The van der Waals surface area contributed by atoms with Gasteiger partial charge in [0, 0.05) is 11.7 Å². The average molecular weight is 308 g/mol. The molecule has 4 nitrogen and oxygen atoms in total. The number of thioether (sulfide) groups is 1. The van der Waals surface area contributed by atoms with Gasteiger partial charge in [-0.05, 0) is 68.9 Å². The molecule has 0 spiro atoms. The van der Waals surface area contributed by atoms with Gasteiger partial charge < -0.3 is 15.4 Å². The van der Waals surface area contributed by atoms with E-state index in [1.165, 1.54) is 0 Å². The van der Waals surface area contributed by atoms with Gasteiger partial charge in [0.2, 0.25) is 0 Å². The van der Waals surface area contributed by atoms with Crippen molar-refractivity contribution in [2.45, 2.75) is 45.8 Å². The highest BCUT2D eigenvalue weighted by Gasteiger charge is 2.16. The lowest BCUT2D eigenvalue weighted by atomic mass is 10.1. The molecule has 0 atom stereocenters.